The third-order valence-corrected chi connectivity index (χ3v) is 10.1. The van der Waals surface area contributed by atoms with Crippen LogP contribution in [0.3, 0.4) is 0 Å². The number of hydrogen-bond acceptors (Lipinski definition) is 6. The van der Waals surface area contributed by atoms with Crippen molar-refractivity contribution in [1.29, 1.82) is 0 Å². The summed E-state index contributed by atoms with van der Waals surface area (Å²) >= 11 is 12.7. The molecular weight excluding hydrogens is 568 g/mol. The zero-order valence-electron chi connectivity index (χ0n) is 23.8. The van der Waals surface area contributed by atoms with E-state index in [1.165, 1.54) is 6.07 Å². The number of carbonyl (C=O) groups excluding carboxylic acids is 1. The van der Waals surface area contributed by atoms with E-state index in [1.54, 1.807) is 37.4 Å². The van der Waals surface area contributed by atoms with Gasteiger partial charge in [-0.05, 0) is 67.7 Å². The van der Waals surface area contributed by atoms with Crippen LogP contribution >= 0.6 is 23.2 Å². The van der Waals surface area contributed by atoms with E-state index in [4.69, 9.17) is 27.9 Å². The second-order valence-electron chi connectivity index (χ2n) is 12.6. The average Bonchev–Trinajstić information content (AvgIpc) is 3.21. The highest BCUT2D eigenvalue weighted by molar-refractivity contribution is 6.31. The van der Waals surface area contributed by atoms with Crippen LogP contribution in [0.4, 0.5) is 10.1 Å². The molecule has 2 heterocycles. The Bertz CT molecular complexity index is 1280. The number of aliphatic hydroxyl groups excluding tert-OH is 1. The molecule has 10 heteroatoms. The first-order chi connectivity index (χ1) is 19.4. The standard InChI is InChI=1S/C31H40Cl2FN3O4/c1-29(2)11-13-30(14-12-29)31(40,22-10-7-18(32)15-24(22)35-3)25(21-5-4-6-23(33)26(21)34)27(37-30)28(39)36-19-8-9-20(16-38)41-17-19/h4-7,10,15,19-20,25,27,35,37-38,40H,8-9,11-14,16-17H2,1-3H3,(H,36,39)/t19-,20+,25+,27-,31+/m1/s1. The van der Waals surface area contributed by atoms with Crippen molar-refractivity contribution in [2.45, 2.75) is 87.6 Å². The normalized spacial score (nSPS) is 30.7. The van der Waals surface area contributed by atoms with Crippen molar-refractivity contribution in [3.05, 3.63) is 63.4 Å². The summed E-state index contributed by atoms with van der Waals surface area (Å²) in [6.07, 6.45) is 3.79. The smallest absolute Gasteiger partial charge is 0.238 e. The zero-order valence-corrected chi connectivity index (χ0v) is 25.3. The molecule has 0 unspecified atom stereocenters. The van der Waals surface area contributed by atoms with Crippen LogP contribution in [0, 0.1) is 11.2 Å². The highest BCUT2D eigenvalue weighted by atomic mass is 35.5. The predicted octanol–water partition coefficient (Wildman–Crippen LogP) is 5.11. The molecule has 5 atom stereocenters. The highest BCUT2D eigenvalue weighted by Gasteiger charge is 2.67. The largest absolute Gasteiger partial charge is 0.394 e. The van der Waals surface area contributed by atoms with Crippen molar-refractivity contribution in [1.82, 2.24) is 10.6 Å². The zero-order chi connectivity index (χ0) is 29.6. The van der Waals surface area contributed by atoms with Gasteiger partial charge in [0.25, 0.3) is 0 Å². The molecule has 2 aromatic carbocycles. The Hall–Kier alpha value is -1.94. The number of ether oxygens (including phenoxy) is 1. The molecular formula is C31H40Cl2FN3O4. The first-order valence-corrected chi connectivity index (χ1v) is 15.1. The second-order valence-corrected chi connectivity index (χ2v) is 13.5. The summed E-state index contributed by atoms with van der Waals surface area (Å²) in [5.41, 5.74) is -1.26. The van der Waals surface area contributed by atoms with Gasteiger partial charge in [0, 0.05) is 29.2 Å². The molecule has 0 bridgehead atoms. The van der Waals surface area contributed by atoms with E-state index in [-0.39, 0.29) is 47.3 Å². The number of rotatable bonds is 6. The fraction of sp³-hybridized carbons (Fsp3) is 0.581. The Kier molecular flexibility index (Phi) is 8.65. The quantitative estimate of drug-likeness (QED) is 0.313. The molecule has 5 N–H and O–H groups in total. The second kappa shape index (κ2) is 11.6. The maximum absolute atomic E-state index is 15.9. The molecule has 7 nitrogen and oxygen atoms in total. The molecule has 1 aliphatic carbocycles. The highest BCUT2D eigenvalue weighted by Crippen LogP contribution is 2.60. The summed E-state index contributed by atoms with van der Waals surface area (Å²) in [6.45, 7) is 4.61. The number of anilines is 1. The van der Waals surface area contributed by atoms with Crippen molar-refractivity contribution < 1.29 is 24.1 Å². The Morgan fingerprint density at radius 2 is 1.88 bits per heavy atom. The molecule has 2 saturated heterocycles. The van der Waals surface area contributed by atoms with Crippen LogP contribution in [-0.2, 0) is 15.1 Å². The molecule has 1 saturated carbocycles. The van der Waals surface area contributed by atoms with E-state index >= 15 is 4.39 Å². The minimum atomic E-state index is -1.70. The lowest BCUT2D eigenvalue weighted by atomic mass is 9.59. The van der Waals surface area contributed by atoms with Gasteiger partial charge in [-0.25, -0.2) is 4.39 Å². The van der Waals surface area contributed by atoms with Gasteiger partial charge in [0.15, 0.2) is 0 Å². The van der Waals surface area contributed by atoms with Crippen LogP contribution in [0.25, 0.3) is 0 Å². The van der Waals surface area contributed by atoms with Gasteiger partial charge in [-0.15, -0.1) is 0 Å². The molecule has 0 radical (unpaired) electrons. The van der Waals surface area contributed by atoms with Crippen LogP contribution in [0.15, 0.2) is 36.4 Å². The lowest BCUT2D eigenvalue weighted by Gasteiger charge is -2.51. The summed E-state index contributed by atoms with van der Waals surface area (Å²) in [7, 11) is 1.75. The van der Waals surface area contributed by atoms with Gasteiger partial charge in [-0.3, -0.25) is 10.1 Å². The van der Waals surface area contributed by atoms with Gasteiger partial charge in [-0.1, -0.05) is 55.2 Å². The summed E-state index contributed by atoms with van der Waals surface area (Å²) in [6, 6.07) is 8.72. The first-order valence-electron chi connectivity index (χ1n) is 14.4. The van der Waals surface area contributed by atoms with Gasteiger partial charge in [-0.2, -0.15) is 0 Å². The number of benzene rings is 2. The molecule has 2 aliphatic heterocycles. The van der Waals surface area contributed by atoms with Gasteiger partial charge in [0.2, 0.25) is 5.91 Å². The van der Waals surface area contributed by atoms with Crippen molar-refractivity contribution in [2.24, 2.45) is 5.41 Å². The molecule has 3 aliphatic rings. The Labute approximate surface area is 251 Å². The van der Waals surface area contributed by atoms with Crippen LogP contribution in [0.2, 0.25) is 10.0 Å². The number of halogens is 3. The van der Waals surface area contributed by atoms with Gasteiger partial charge in [0.1, 0.15) is 11.4 Å². The number of carbonyl (C=O) groups is 1. The lowest BCUT2D eigenvalue weighted by molar-refractivity contribution is -0.126. The van der Waals surface area contributed by atoms with Crippen LogP contribution < -0.4 is 16.0 Å². The van der Waals surface area contributed by atoms with Crippen molar-refractivity contribution in [3.63, 3.8) is 0 Å². The van der Waals surface area contributed by atoms with Gasteiger partial charge in [0.05, 0.1) is 42.0 Å². The molecule has 1 amide bonds. The SMILES string of the molecule is CNc1cc(Cl)ccc1[C@]1(O)[C@@H](c2cccc(Cl)c2F)[C@H](C(=O)N[C@@H]2CC[C@@H](CO)OC2)NC12CCC(C)(C)CC2. The fourth-order valence-corrected chi connectivity index (χ4v) is 7.48. The number of nitrogens with one attached hydrogen (secondary N) is 3. The monoisotopic (exact) mass is 607 g/mol. The Balaban J connectivity index is 1.65. The van der Waals surface area contributed by atoms with Gasteiger partial charge < -0.3 is 25.6 Å². The average molecular weight is 609 g/mol. The van der Waals surface area contributed by atoms with Gasteiger partial charge >= 0.3 is 0 Å². The summed E-state index contributed by atoms with van der Waals surface area (Å²) in [5, 5.41) is 32.9. The number of amides is 1. The van der Waals surface area contributed by atoms with E-state index in [9.17, 15) is 15.0 Å². The third-order valence-electron chi connectivity index (χ3n) is 9.58. The Morgan fingerprint density at radius 3 is 2.51 bits per heavy atom. The topological polar surface area (TPSA) is 103 Å². The lowest BCUT2D eigenvalue weighted by Crippen LogP contribution is -2.59. The molecule has 3 fully saturated rings. The fourth-order valence-electron chi connectivity index (χ4n) is 7.13. The molecule has 5 rings (SSSR count). The number of aliphatic hydroxyl groups is 2. The molecule has 1 spiro atoms. The first kappa shape index (κ1) is 30.5. The molecule has 2 aromatic rings. The minimum absolute atomic E-state index is 0.0551. The summed E-state index contributed by atoms with van der Waals surface area (Å²) in [4.78, 5) is 14.1. The van der Waals surface area contributed by atoms with Crippen molar-refractivity contribution in [2.75, 3.05) is 25.6 Å². The van der Waals surface area contributed by atoms with Crippen LogP contribution in [-0.4, -0.2) is 60.1 Å². The van der Waals surface area contributed by atoms with E-state index in [0.717, 1.165) is 12.8 Å². The van der Waals surface area contributed by atoms with Crippen LogP contribution in [0.5, 0.6) is 0 Å². The number of hydrogen-bond donors (Lipinski definition) is 5. The van der Waals surface area contributed by atoms with E-state index in [2.05, 4.69) is 29.8 Å². The molecule has 0 aromatic heterocycles. The predicted molar refractivity (Wildman–Crippen MR) is 159 cm³/mol. The minimum Gasteiger partial charge on any atom is -0.394 e. The van der Waals surface area contributed by atoms with Crippen molar-refractivity contribution >= 4 is 34.8 Å². The van der Waals surface area contributed by atoms with Crippen LogP contribution in [0.1, 0.15) is 69.4 Å². The summed E-state index contributed by atoms with van der Waals surface area (Å²) in [5.74, 6) is -2.01. The third kappa shape index (κ3) is 5.48. The summed E-state index contributed by atoms with van der Waals surface area (Å²) < 4.78 is 21.6. The van der Waals surface area contributed by atoms with Crippen molar-refractivity contribution in [3.8, 4) is 0 Å². The van der Waals surface area contributed by atoms with E-state index in [1.807, 2.05) is 0 Å². The van der Waals surface area contributed by atoms with E-state index < -0.39 is 28.9 Å². The maximum Gasteiger partial charge on any atom is 0.238 e. The van der Waals surface area contributed by atoms with E-state index in [0.29, 0.717) is 42.0 Å². The Morgan fingerprint density at radius 1 is 1.15 bits per heavy atom. The maximum atomic E-state index is 15.9. The molecule has 41 heavy (non-hydrogen) atoms. The molecule has 224 valence electrons.